The maximum atomic E-state index is 11.4. The number of carbonyl (C=O) groups is 1. The lowest BCUT2D eigenvalue weighted by Crippen LogP contribution is -2.27. The van der Waals surface area contributed by atoms with Gasteiger partial charge >= 0.3 is 5.97 Å². The first-order chi connectivity index (χ1) is 9.77. The largest absolute Gasteiger partial charge is 0.465 e. The highest BCUT2D eigenvalue weighted by Crippen LogP contribution is 2.34. The van der Waals surface area contributed by atoms with Crippen molar-refractivity contribution in [2.45, 2.75) is 20.4 Å². The first-order valence-electron chi connectivity index (χ1n) is 6.33. The summed E-state index contributed by atoms with van der Waals surface area (Å²) < 4.78 is 5.48. The molecule has 0 amide bonds. The van der Waals surface area contributed by atoms with Crippen molar-refractivity contribution in [1.82, 2.24) is 4.90 Å². The number of hydrogen-bond donors (Lipinski definition) is 1. The molecule has 0 spiro atoms. The Balaban J connectivity index is 3.02. The van der Waals surface area contributed by atoms with E-state index in [1.54, 1.807) is 18.9 Å². The minimum atomic E-state index is -0.519. The molecule has 0 atom stereocenters. The molecule has 0 heterocycles. The second-order valence-corrected chi connectivity index (χ2v) is 5.48. The Kier molecular flexibility index (Phi) is 6.10. The minimum absolute atomic E-state index is 0.0903. The number of ether oxygens (including phenoxy) is 1. The highest BCUT2D eigenvalue weighted by molar-refractivity contribution is 9.10. The molecule has 0 saturated heterocycles. The van der Waals surface area contributed by atoms with E-state index in [-0.39, 0.29) is 23.9 Å². The molecule has 2 N–H and O–H groups in total. The fourth-order valence-corrected chi connectivity index (χ4v) is 2.37. The van der Waals surface area contributed by atoms with Gasteiger partial charge < -0.3 is 10.5 Å². The summed E-state index contributed by atoms with van der Waals surface area (Å²) in [5.74, 6) is -0.347. The zero-order chi connectivity index (χ0) is 16.2. The number of esters is 1. The van der Waals surface area contributed by atoms with Crippen LogP contribution < -0.4 is 5.73 Å². The van der Waals surface area contributed by atoms with E-state index in [1.807, 2.05) is 6.92 Å². The van der Waals surface area contributed by atoms with Crippen LogP contribution in [0.5, 0.6) is 0 Å². The molecular formula is C13H18BrN3O4. The molecule has 1 rings (SSSR count). The number of nitrogen functional groups attached to an aromatic ring is 1. The Morgan fingerprint density at radius 2 is 2.19 bits per heavy atom. The minimum Gasteiger partial charge on any atom is -0.465 e. The van der Waals surface area contributed by atoms with Crippen molar-refractivity contribution >= 4 is 33.3 Å². The van der Waals surface area contributed by atoms with Crippen LogP contribution in [0.4, 0.5) is 11.4 Å². The zero-order valence-corrected chi connectivity index (χ0v) is 13.8. The van der Waals surface area contributed by atoms with Crippen molar-refractivity contribution in [2.75, 3.05) is 25.9 Å². The average Bonchev–Trinajstić information content (AvgIpc) is 2.38. The summed E-state index contributed by atoms with van der Waals surface area (Å²) in [6, 6.07) is 1.39. The standard InChI is InChI=1S/C13H18BrN3O4/c1-4-21-12(18)7-16(3)6-9-8(2)10(14)5-11(13(9)15)17(19)20/h5H,4,6-7,15H2,1-3H3. The quantitative estimate of drug-likeness (QED) is 0.362. The highest BCUT2D eigenvalue weighted by Gasteiger charge is 2.21. The van der Waals surface area contributed by atoms with Gasteiger partial charge in [0.2, 0.25) is 0 Å². The molecule has 0 fully saturated rings. The number of hydrogen-bond acceptors (Lipinski definition) is 6. The third-order valence-electron chi connectivity index (χ3n) is 3.00. The number of nitrogens with zero attached hydrogens (tertiary/aromatic N) is 2. The van der Waals surface area contributed by atoms with E-state index >= 15 is 0 Å². The van der Waals surface area contributed by atoms with E-state index in [0.717, 1.165) is 5.56 Å². The average molecular weight is 360 g/mol. The maximum absolute atomic E-state index is 11.4. The van der Waals surface area contributed by atoms with Gasteiger partial charge in [0.05, 0.1) is 18.1 Å². The Morgan fingerprint density at radius 3 is 2.71 bits per heavy atom. The molecule has 21 heavy (non-hydrogen) atoms. The van der Waals surface area contributed by atoms with Crippen LogP contribution in [0.25, 0.3) is 0 Å². The summed E-state index contributed by atoms with van der Waals surface area (Å²) in [6.45, 7) is 4.27. The Morgan fingerprint density at radius 1 is 1.57 bits per heavy atom. The van der Waals surface area contributed by atoms with Crippen LogP contribution in [0.1, 0.15) is 18.1 Å². The van der Waals surface area contributed by atoms with Crippen molar-refractivity contribution < 1.29 is 14.5 Å². The van der Waals surface area contributed by atoms with Crippen molar-refractivity contribution in [3.8, 4) is 0 Å². The number of halogens is 1. The molecule has 1 aromatic carbocycles. The Hall–Kier alpha value is -1.67. The first kappa shape index (κ1) is 17.4. The molecule has 0 aromatic heterocycles. The van der Waals surface area contributed by atoms with Crippen molar-refractivity contribution in [1.29, 1.82) is 0 Å². The third-order valence-corrected chi connectivity index (χ3v) is 3.83. The van der Waals surface area contributed by atoms with Gasteiger partial charge in [0.1, 0.15) is 5.69 Å². The van der Waals surface area contributed by atoms with Gasteiger partial charge in [-0.2, -0.15) is 0 Å². The van der Waals surface area contributed by atoms with Gasteiger partial charge in [0.25, 0.3) is 5.69 Å². The summed E-state index contributed by atoms with van der Waals surface area (Å²) in [7, 11) is 1.72. The number of nitro benzene ring substituents is 1. The van der Waals surface area contributed by atoms with Gasteiger partial charge in [-0.3, -0.25) is 19.8 Å². The Bertz CT molecular complexity index is 563. The fraction of sp³-hybridized carbons (Fsp3) is 0.462. The molecule has 0 aliphatic heterocycles. The molecule has 0 bridgehead atoms. The summed E-state index contributed by atoms with van der Waals surface area (Å²) in [4.78, 5) is 23.6. The Labute approximate surface area is 131 Å². The number of nitrogens with two attached hydrogens (primary N) is 1. The van der Waals surface area contributed by atoms with Crippen molar-refractivity contribution in [3.05, 3.63) is 31.8 Å². The molecule has 0 saturated carbocycles. The van der Waals surface area contributed by atoms with Gasteiger partial charge in [-0.25, -0.2) is 0 Å². The summed E-state index contributed by atoms with van der Waals surface area (Å²) in [5, 5.41) is 11.0. The predicted octanol–water partition coefficient (Wildman–Crippen LogP) is 2.24. The molecule has 7 nitrogen and oxygen atoms in total. The number of rotatable bonds is 6. The maximum Gasteiger partial charge on any atom is 0.320 e. The van der Waals surface area contributed by atoms with Crippen LogP contribution in [0.2, 0.25) is 0 Å². The number of anilines is 1. The van der Waals surface area contributed by atoms with E-state index in [1.165, 1.54) is 6.07 Å². The van der Waals surface area contributed by atoms with Gasteiger partial charge in [-0.05, 0) is 26.5 Å². The number of benzene rings is 1. The van der Waals surface area contributed by atoms with Gasteiger partial charge in [0, 0.05) is 22.6 Å². The highest BCUT2D eigenvalue weighted by atomic mass is 79.9. The second-order valence-electron chi connectivity index (χ2n) is 4.63. The number of nitro groups is 1. The van der Waals surface area contributed by atoms with Crippen LogP contribution in [-0.2, 0) is 16.1 Å². The first-order valence-corrected chi connectivity index (χ1v) is 7.13. The van der Waals surface area contributed by atoms with Gasteiger partial charge in [-0.1, -0.05) is 15.9 Å². The SMILES string of the molecule is CCOC(=O)CN(C)Cc1c(C)c(Br)cc([N+](=O)[O-])c1N. The van der Waals surface area contributed by atoms with E-state index < -0.39 is 4.92 Å². The zero-order valence-electron chi connectivity index (χ0n) is 12.2. The van der Waals surface area contributed by atoms with Crippen LogP contribution in [0, 0.1) is 17.0 Å². The molecule has 0 unspecified atom stereocenters. The lowest BCUT2D eigenvalue weighted by atomic mass is 10.0. The number of likely N-dealkylation sites (N-methyl/N-ethyl adjacent to an activating group) is 1. The smallest absolute Gasteiger partial charge is 0.320 e. The van der Waals surface area contributed by atoms with Gasteiger partial charge in [-0.15, -0.1) is 0 Å². The van der Waals surface area contributed by atoms with Crippen molar-refractivity contribution in [2.24, 2.45) is 0 Å². The van der Waals surface area contributed by atoms with Crippen LogP contribution >= 0.6 is 15.9 Å². The monoisotopic (exact) mass is 359 g/mol. The van der Waals surface area contributed by atoms with E-state index in [9.17, 15) is 14.9 Å². The third kappa shape index (κ3) is 4.40. The van der Waals surface area contributed by atoms with Gasteiger partial charge in [0.15, 0.2) is 0 Å². The lowest BCUT2D eigenvalue weighted by Gasteiger charge is -2.19. The van der Waals surface area contributed by atoms with Crippen LogP contribution in [0.3, 0.4) is 0 Å². The molecule has 0 radical (unpaired) electrons. The molecular weight excluding hydrogens is 342 g/mol. The second kappa shape index (κ2) is 7.37. The van der Waals surface area contributed by atoms with E-state index in [0.29, 0.717) is 23.2 Å². The van der Waals surface area contributed by atoms with E-state index in [4.69, 9.17) is 10.5 Å². The molecule has 1 aromatic rings. The summed E-state index contributed by atoms with van der Waals surface area (Å²) in [5.41, 5.74) is 7.30. The van der Waals surface area contributed by atoms with Crippen LogP contribution in [0.15, 0.2) is 10.5 Å². The predicted molar refractivity (Wildman–Crippen MR) is 82.9 cm³/mol. The summed E-state index contributed by atoms with van der Waals surface area (Å²) >= 11 is 3.29. The molecule has 116 valence electrons. The summed E-state index contributed by atoms with van der Waals surface area (Å²) in [6.07, 6.45) is 0. The topological polar surface area (TPSA) is 98.7 Å². The van der Waals surface area contributed by atoms with Crippen molar-refractivity contribution in [3.63, 3.8) is 0 Å². The number of carbonyl (C=O) groups excluding carboxylic acids is 1. The van der Waals surface area contributed by atoms with E-state index in [2.05, 4.69) is 15.9 Å². The fourth-order valence-electron chi connectivity index (χ4n) is 1.91. The normalized spacial score (nSPS) is 10.7. The molecule has 8 heteroatoms. The lowest BCUT2D eigenvalue weighted by molar-refractivity contribution is -0.384. The van der Waals surface area contributed by atoms with Crippen LogP contribution in [-0.4, -0.2) is 36.0 Å². The molecule has 0 aliphatic rings. The molecule has 0 aliphatic carbocycles.